The predicted octanol–water partition coefficient (Wildman–Crippen LogP) is 3.96. The molecule has 6 nitrogen and oxygen atoms in total. The molecule has 7 heteroatoms. The van der Waals surface area contributed by atoms with Crippen LogP contribution in [0.2, 0.25) is 0 Å². The largest absolute Gasteiger partial charge is 0.491 e. The van der Waals surface area contributed by atoms with Crippen LogP contribution < -0.4 is 15.4 Å². The molecule has 2 aliphatic heterocycles. The SMILES string of the molecule is CCNC(=NCc1ccc(C)cc1OCC1CCCO1)NCC1CCCN(CC)C1.I. The van der Waals surface area contributed by atoms with Gasteiger partial charge in [-0.2, -0.15) is 0 Å². The van der Waals surface area contributed by atoms with Gasteiger partial charge in [0.2, 0.25) is 0 Å². The van der Waals surface area contributed by atoms with Gasteiger partial charge in [0.05, 0.1) is 12.6 Å². The van der Waals surface area contributed by atoms with Crippen molar-refractivity contribution in [2.75, 3.05) is 45.9 Å². The fourth-order valence-corrected chi connectivity index (χ4v) is 4.24. The van der Waals surface area contributed by atoms with Gasteiger partial charge in [0.1, 0.15) is 12.4 Å². The molecule has 2 unspecified atom stereocenters. The number of nitrogens with zero attached hydrogens (tertiary/aromatic N) is 2. The van der Waals surface area contributed by atoms with Crippen molar-refractivity contribution < 1.29 is 9.47 Å². The Bertz CT molecular complexity index is 680. The molecule has 0 radical (unpaired) electrons. The lowest BCUT2D eigenvalue weighted by Gasteiger charge is -2.32. The highest BCUT2D eigenvalue weighted by Crippen LogP contribution is 2.23. The highest BCUT2D eigenvalue weighted by Gasteiger charge is 2.19. The zero-order chi connectivity index (χ0) is 21.2. The summed E-state index contributed by atoms with van der Waals surface area (Å²) < 4.78 is 11.8. The number of rotatable bonds is 9. The van der Waals surface area contributed by atoms with Crippen molar-refractivity contribution in [3.63, 3.8) is 0 Å². The van der Waals surface area contributed by atoms with E-state index < -0.39 is 0 Å². The first-order valence-electron chi connectivity index (χ1n) is 11.8. The maximum absolute atomic E-state index is 6.13. The molecule has 0 amide bonds. The number of guanidine groups is 1. The molecule has 0 saturated carbocycles. The molecule has 176 valence electrons. The normalized spacial score (nSPS) is 22.1. The summed E-state index contributed by atoms with van der Waals surface area (Å²) in [4.78, 5) is 7.39. The Morgan fingerprint density at radius 3 is 2.84 bits per heavy atom. The number of piperidine rings is 1. The fraction of sp³-hybridized carbons (Fsp3) is 0.708. The second kappa shape index (κ2) is 14.2. The third-order valence-electron chi connectivity index (χ3n) is 6.03. The van der Waals surface area contributed by atoms with Crippen LogP contribution in [-0.2, 0) is 11.3 Å². The molecule has 2 fully saturated rings. The fourth-order valence-electron chi connectivity index (χ4n) is 4.24. The maximum atomic E-state index is 6.13. The molecule has 2 saturated heterocycles. The first-order valence-corrected chi connectivity index (χ1v) is 11.8. The van der Waals surface area contributed by atoms with E-state index >= 15 is 0 Å². The van der Waals surface area contributed by atoms with Crippen LogP contribution in [0.15, 0.2) is 23.2 Å². The Balaban J connectivity index is 0.00000341. The molecule has 0 aliphatic carbocycles. The van der Waals surface area contributed by atoms with Crippen LogP contribution in [0.5, 0.6) is 5.75 Å². The van der Waals surface area contributed by atoms with Crippen LogP contribution >= 0.6 is 24.0 Å². The Morgan fingerprint density at radius 2 is 2.10 bits per heavy atom. The third kappa shape index (κ3) is 8.77. The molecule has 2 atom stereocenters. The van der Waals surface area contributed by atoms with Gasteiger partial charge in [0.25, 0.3) is 0 Å². The van der Waals surface area contributed by atoms with Crippen LogP contribution in [-0.4, -0.2) is 62.9 Å². The molecule has 1 aromatic rings. The van der Waals surface area contributed by atoms with Gasteiger partial charge in [-0.3, -0.25) is 0 Å². The predicted molar refractivity (Wildman–Crippen MR) is 139 cm³/mol. The maximum Gasteiger partial charge on any atom is 0.191 e. The van der Waals surface area contributed by atoms with Crippen LogP contribution in [0.1, 0.15) is 50.7 Å². The molecule has 2 aliphatic rings. The Labute approximate surface area is 205 Å². The van der Waals surface area contributed by atoms with E-state index in [1.165, 1.54) is 31.5 Å². The van der Waals surface area contributed by atoms with Crippen LogP contribution in [0, 0.1) is 12.8 Å². The number of ether oxygens (including phenoxy) is 2. The topological polar surface area (TPSA) is 58.1 Å². The molecule has 2 N–H and O–H groups in total. The molecule has 1 aromatic carbocycles. The van der Waals surface area contributed by atoms with Gasteiger partial charge in [-0.25, -0.2) is 4.99 Å². The summed E-state index contributed by atoms with van der Waals surface area (Å²) in [5.74, 6) is 2.50. The Hall–Kier alpha value is -1.06. The van der Waals surface area contributed by atoms with Gasteiger partial charge < -0.3 is 25.0 Å². The van der Waals surface area contributed by atoms with Crippen molar-refractivity contribution >= 4 is 29.9 Å². The molecule has 0 aromatic heterocycles. The zero-order valence-electron chi connectivity index (χ0n) is 19.5. The minimum atomic E-state index is 0. The van der Waals surface area contributed by atoms with Crippen LogP contribution in [0.25, 0.3) is 0 Å². The van der Waals surface area contributed by atoms with E-state index in [4.69, 9.17) is 14.5 Å². The summed E-state index contributed by atoms with van der Waals surface area (Å²) in [6.07, 6.45) is 5.03. The number of likely N-dealkylation sites (tertiary alicyclic amines) is 1. The minimum absolute atomic E-state index is 0. The number of benzene rings is 1. The average Bonchev–Trinajstić information content (AvgIpc) is 3.29. The lowest BCUT2D eigenvalue weighted by Crippen LogP contribution is -2.44. The molecule has 31 heavy (non-hydrogen) atoms. The van der Waals surface area contributed by atoms with Gasteiger partial charge >= 0.3 is 0 Å². The first kappa shape index (κ1) is 26.2. The highest BCUT2D eigenvalue weighted by molar-refractivity contribution is 14.0. The number of halogens is 1. The second-order valence-electron chi connectivity index (χ2n) is 8.53. The molecule has 3 rings (SSSR count). The van der Waals surface area contributed by atoms with Crippen molar-refractivity contribution in [3.05, 3.63) is 29.3 Å². The van der Waals surface area contributed by atoms with E-state index in [0.29, 0.717) is 19.1 Å². The lowest BCUT2D eigenvalue weighted by atomic mass is 9.98. The number of aryl methyl sites for hydroxylation is 1. The quantitative estimate of drug-likeness (QED) is 0.280. The molecule has 0 spiro atoms. The zero-order valence-corrected chi connectivity index (χ0v) is 21.8. The minimum Gasteiger partial charge on any atom is -0.491 e. The molecular weight excluding hydrogens is 503 g/mol. The third-order valence-corrected chi connectivity index (χ3v) is 6.03. The van der Waals surface area contributed by atoms with Gasteiger partial charge in [-0.15, -0.1) is 24.0 Å². The summed E-state index contributed by atoms with van der Waals surface area (Å²) >= 11 is 0. The highest BCUT2D eigenvalue weighted by atomic mass is 127. The van der Waals surface area contributed by atoms with Crippen molar-refractivity contribution in [1.29, 1.82) is 0 Å². The standard InChI is InChI=1S/C24H40N4O2.HI/c1-4-25-24(26-15-20-8-6-12-28(5-2)17-20)27-16-21-11-10-19(3)14-23(21)30-18-22-9-7-13-29-22;/h10-11,14,20,22H,4-9,12-13,15-18H2,1-3H3,(H2,25,26,27);1H. The lowest BCUT2D eigenvalue weighted by molar-refractivity contribution is 0.0676. The number of hydrogen-bond acceptors (Lipinski definition) is 4. The van der Waals surface area contributed by atoms with Gasteiger partial charge in [-0.1, -0.05) is 19.1 Å². The molecule has 0 bridgehead atoms. The average molecular weight is 545 g/mol. The molecular formula is C24H41IN4O2. The Morgan fingerprint density at radius 1 is 1.23 bits per heavy atom. The number of hydrogen-bond donors (Lipinski definition) is 2. The summed E-state index contributed by atoms with van der Waals surface area (Å²) in [5, 5.41) is 6.95. The van der Waals surface area contributed by atoms with E-state index in [2.05, 4.69) is 54.5 Å². The second-order valence-corrected chi connectivity index (χ2v) is 8.53. The van der Waals surface area contributed by atoms with Crippen LogP contribution in [0.3, 0.4) is 0 Å². The van der Waals surface area contributed by atoms with Crippen molar-refractivity contribution in [2.45, 2.75) is 59.1 Å². The number of nitrogens with one attached hydrogen (secondary N) is 2. The first-order chi connectivity index (χ1) is 14.7. The Kier molecular flexibility index (Phi) is 12.0. The van der Waals surface area contributed by atoms with E-state index in [0.717, 1.165) is 56.4 Å². The molecule has 2 heterocycles. The summed E-state index contributed by atoms with van der Waals surface area (Å²) in [7, 11) is 0. The van der Waals surface area contributed by atoms with Crippen molar-refractivity contribution in [2.24, 2.45) is 10.9 Å². The monoisotopic (exact) mass is 544 g/mol. The smallest absolute Gasteiger partial charge is 0.191 e. The van der Waals surface area contributed by atoms with Crippen molar-refractivity contribution in [1.82, 2.24) is 15.5 Å². The van der Waals surface area contributed by atoms with Gasteiger partial charge in [-0.05, 0) is 70.2 Å². The van der Waals surface area contributed by atoms with Crippen LogP contribution in [0.4, 0.5) is 0 Å². The van der Waals surface area contributed by atoms with Gasteiger partial charge in [0, 0.05) is 31.8 Å². The number of aliphatic imine (C=N–C) groups is 1. The van der Waals surface area contributed by atoms with E-state index in [-0.39, 0.29) is 30.1 Å². The summed E-state index contributed by atoms with van der Waals surface area (Å²) in [6, 6.07) is 6.38. The van der Waals surface area contributed by atoms with E-state index in [1.807, 2.05) is 0 Å². The summed E-state index contributed by atoms with van der Waals surface area (Å²) in [5.41, 5.74) is 2.32. The van der Waals surface area contributed by atoms with E-state index in [9.17, 15) is 0 Å². The summed E-state index contributed by atoms with van der Waals surface area (Å²) in [6.45, 7) is 13.9. The van der Waals surface area contributed by atoms with Gasteiger partial charge in [0.15, 0.2) is 5.96 Å². The van der Waals surface area contributed by atoms with Crippen molar-refractivity contribution in [3.8, 4) is 5.75 Å². The van der Waals surface area contributed by atoms with E-state index in [1.54, 1.807) is 0 Å².